The second kappa shape index (κ2) is 14.6. The van der Waals surface area contributed by atoms with Crippen LogP contribution in [-0.2, 0) is 42.2 Å². The van der Waals surface area contributed by atoms with Crippen LogP contribution >= 0.6 is 0 Å². The van der Waals surface area contributed by atoms with Gasteiger partial charge in [-0.25, -0.2) is 0 Å². The van der Waals surface area contributed by atoms with Crippen molar-refractivity contribution in [3.05, 3.63) is 130 Å². The van der Waals surface area contributed by atoms with E-state index in [2.05, 4.69) is 16.0 Å². The number of aryl methyl sites for hydroxylation is 1. The molecule has 0 fully saturated rings. The third kappa shape index (κ3) is 7.44. The van der Waals surface area contributed by atoms with Crippen LogP contribution in [0.3, 0.4) is 0 Å². The number of benzene rings is 5. The molecule has 1 heterocycles. The summed E-state index contributed by atoms with van der Waals surface area (Å²) in [5, 5.41) is 7.77. The normalized spacial score (nSPS) is 12.5. The quantitative estimate of drug-likeness (QED) is 0.0547. The van der Waals surface area contributed by atoms with Crippen LogP contribution < -0.4 is 27.2 Å². The Balaban J connectivity index is 1.44. The van der Waals surface area contributed by atoms with Crippen LogP contribution in [0, 0.1) is 0 Å². The molecule has 18 nitrogen and oxygen atoms in total. The van der Waals surface area contributed by atoms with Gasteiger partial charge in [0.25, 0.3) is 35.9 Å². The summed E-state index contributed by atoms with van der Waals surface area (Å²) < 4.78 is 105. The number of hydrogen-bond acceptors (Lipinski definition) is 13. The lowest BCUT2D eigenvalue weighted by Gasteiger charge is -2.26. The number of anilines is 5. The molecule has 302 valence electrons. The van der Waals surface area contributed by atoms with Crippen molar-refractivity contribution < 1.29 is 53.3 Å². The van der Waals surface area contributed by atoms with Gasteiger partial charge in [0.15, 0.2) is 11.6 Å². The predicted molar refractivity (Wildman–Crippen MR) is 215 cm³/mol. The minimum atomic E-state index is -5.34. The predicted octanol–water partition coefficient (Wildman–Crippen LogP) is 4.10. The molecule has 5 aromatic carbocycles. The molecule has 0 atom stereocenters. The number of nitrogens with one attached hydrogen (secondary N) is 3. The summed E-state index contributed by atoms with van der Waals surface area (Å²) in [6.45, 7) is -0.493. The highest BCUT2D eigenvalue weighted by Gasteiger charge is 2.35. The zero-order chi connectivity index (χ0) is 42.8. The molecule has 8 N–H and O–H groups in total. The number of carbonyl (C=O) groups is 3. The fourth-order valence-electron chi connectivity index (χ4n) is 6.79. The fourth-order valence-corrected chi connectivity index (χ4v) is 8.70. The number of aromatic nitrogens is 1. The van der Waals surface area contributed by atoms with E-state index in [4.69, 9.17) is 5.73 Å². The fraction of sp³-hybridized carbons (Fsp3) is 0.0526. The number of para-hydroxylation sites is 2. The van der Waals surface area contributed by atoms with Crippen molar-refractivity contribution in [1.29, 1.82) is 0 Å². The summed E-state index contributed by atoms with van der Waals surface area (Å²) in [4.78, 5) is 53.0. The molecule has 21 heteroatoms. The first-order valence-corrected chi connectivity index (χ1v) is 21.2. The maximum Gasteiger partial charge on any atom is 0.296 e. The highest BCUT2D eigenvalue weighted by atomic mass is 32.2. The smallest absolute Gasteiger partial charge is 0.296 e. The maximum absolute atomic E-state index is 14.4. The molecule has 7 rings (SSSR count). The van der Waals surface area contributed by atoms with Crippen LogP contribution in [0.2, 0.25) is 0 Å². The van der Waals surface area contributed by atoms with Gasteiger partial charge in [-0.2, -0.15) is 25.3 Å². The van der Waals surface area contributed by atoms with E-state index in [9.17, 15) is 58.1 Å². The Morgan fingerprint density at radius 2 is 1.32 bits per heavy atom. The van der Waals surface area contributed by atoms with Crippen LogP contribution in [0.5, 0.6) is 0 Å². The van der Waals surface area contributed by atoms with Crippen LogP contribution in [0.4, 0.5) is 28.4 Å². The van der Waals surface area contributed by atoms with Gasteiger partial charge in [-0.05, 0) is 54.1 Å². The molecule has 0 radical (unpaired) electrons. The van der Waals surface area contributed by atoms with Crippen molar-refractivity contribution in [1.82, 2.24) is 4.57 Å². The van der Waals surface area contributed by atoms with Crippen molar-refractivity contribution in [2.24, 2.45) is 7.05 Å². The Morgan fingerprint density at radius 1 is 0.678 bits per heavy atom. The van der Waals surface area contributed by atoms with E-state index < -0.39 is 91.6 Å². The van der Waals surface area contributed by atoms with Crippen molar-refractivity contribution in [2.45, 2.75) is 14.7 Å². The molecular weight excluding hydrogens is 831 g/mol. The van der Waals surface area contributed by atoms with Crippen LogP contribution in [-0.4, -0.2) is 67.5 Å². The second-order valence-electron chi connectivity index (χ2n) is 13.1. The molecular formula is C38H29N5O13S3. The molecule has 1 aromatic heterocycles. The molecule has 0 unspecified atom stereocenters. The maximum atomic E-state index is 14.4. The highest BCUT2D eigenvalue weighted by Crippen LogP contribution is 2.45. The van der Waals surface area contributed by atoms with E-state index in [-0.39, 0.29) is 50.1 Å². The standard InChI is InChI=1S/C38H29N5O13S3/c1-43-28-14-13-25(41-26-16-27(30(59(54,55)56)17-29(26)58(51,52)53)42-31(44)18-40-24-12-5-4-11-23(24)39)33-34(28)32(21-9-2-3-10-22(21)37(33)46)35(38(43)47)36(45)19-7-6-8-20(15-19)57(48,49)50/h2-17,40-41H,18,39H2,1H3,(H,42,44)(H,48,49,50)(H,51,52,53)(H,54,55,56). The number of pyridine rings is 1. The van der Waals surface area contributed by atoms with Gasteiger partial charge in [-0.3, -0.25) is 32.8 Å². The Hall–Kier alpha value is -6.75. The van der Waals surface area contributed by atoms with Gasteiger partial charge in [-0.15, -0.1) is 0 Å². The second-order valence-corrected chi connectivity index (χ2v) is 17.3. The minimum absolute atomic E-state index is 0.0119. The molecule has 1 aliphatic rings. The van der Waals surface area contributed by atoms with Crippen molar-refractivity contribution in [2.75, 3.05) is 28.2 Å². The highest BCUT2D eigenvalue weighted by molar-refractivity contribution is 7.87. The van der Waals surface area contributed by atoms with Crippen molar-refractivity contribution in [3.63, 3.8) is 0 Å². The molecule has 59 heavy (non-hydrogen) atoms. The Bertz CT molecular complexity index is 3260. The number of hydrogen-bond donors (Lipinski definition) is 7. The van der Waals surface area contributed by atoms with E-state index in [0.29, 0.717) is 11.8 Å². The monoisotopic (exact) mass is 859 g/mol. The van der Waals surface area contributed by atoms with E-state index in [1.807, 2.05) is 0 Å². The van der Waals surface area contributed by atoms with Gasteiger partial charge in [0.2, 0.25) is 5.91 Å². The van der Waals surface area contributed by atoms with Crippen molar-refractivity contribution in [3.8, 4) is 11.1 Å². The van der Waals surface area contributed by atoms with E-state index in [1.165, 1.54) is 49.5 Å². The topological polar surface area (TPSA) is 298 Å². The molecule has 0 saturated carbocycles. The lowest BCUT2D eigenvalue weighted by atomic mass is 9.80. The van der Waals surface area contributed by atoms with Gasteiger partial charge in [0.05, 0.1) is 56.5 Å². The van der Waals surface area contributed by atoms with Gasteiger partial charge in [0, 0.05) is 29.1 Å². The summed E-state index contributed by atoms with van der Waals surface area (Å²) in [6.07, 6.45) is 0. The molecule has 0 saturated heterocycles. The van der Waals surface area contributed by atoms with Gasteiger partial charge in [0.1, 0.15) is 9.79 Å². The van der Waals surface area contributed by atoms with Crippen LogP contribution in [0.1, 0.15) is 31.8 Å². The Labute approximate surface area is 334 Å². The first kappa shape index (κ1) is 40.4. The lowest BCUT2D eigenvalue weighted by Crippen LogP contribution is -2.29. The SMILES string of the molecule is Cn1c(=O)c(C(=O)c2cccc(S(=O)(=O)O)c2)c2c3c(c(Nc4cc(NC(=O)CNc5ccccc5N)c(S(=O)(=O)O)cc4S(=O)(=O)O)ccc31)C(=O)c1ccccc1-2. The summed E-state index contributed by atoms with van der Waals surface area (Å²) in [5.74, 6) is -2.55. The van der Waals surface area contributed by atoms with Gasteiger partial charge in [-0.1, -0.05) is 48.5 Å². The number of nitrogens with zero attached hydrogens (tertiary/aromatic N) is 1. The lowest BCUT2D eigenvalue weighted by molar-refractivity contribution is -0.114. The molecule has 0 spiro atoms. The Morgan fingerprint density at radius 3 is 1.98 bits per heavy atom. The number of nitrogen functional groups attached to an aromatic ring is 1. The zero-order valence-electron chi connectivity index (χ0n) is 30.1. The number of ketones is 2. The summed E-state index contributed by atoms with van der Waals surface area (Å²) >= 11 is 0. The third-order valence-electron chi connectivity index (χ3n) is 9.43. The first-order valence-electron chi connectivity index (χ1n) is 16.9. The zero-order valence-corrected chi connectivity index (χ0v) is 32.6. The number of carbonyl (C=O) groups excluding carboxylic acids is 3. The largest absolute Gasteiger partial charge is 0.397 e. The number of rotatable bonds is 11. The van der Waals surface area contributed by atoms with Crippen molar-refractivity contribution >= 4 is 87.2 Å². The van der Waals surface area contributed by atoms with Crippen LogP contribution in [0.15, 0.2) is 117 Å². The molecule has 1 aliphatic carbocycles. The summed E-state index contributed by atoms with van der Waals surface area (Å²) in [7, 11) is -14.1. The van der Waals surface area contributed by atoms with Gasteiger partial charge >= 0.3 is 0 Å². The van der Waals surface area contributed by atoms with E-state index >= 15 is 0 Å². The van der Waals surface area contributed by atoms with E-state index in [0.717, 1.165) is 22.8 Å². The van der Waals surface area contributed by atoms with Crippen LogP contribution in [0.25, 0.3) is 22.0 Å². The molecule has 0 bridgehead atoms. The van der Waals surface area contributed by atoms with Gasteiger partial charge < -0.3 is 26.3 Å². The average molecular weight is 860 g/mol. The molecule has 0 aliphatic heterocycles. The third-order valence-corrected chi connectivity index (χ3v) is 12.1. The number of fused-ring (bicyclic) bond motifs is 2. The molecule has 6 aromatic rings. The molecule has 1 amide bonds. The summed E-state index contributed by atoms with van der Waals surface area (Å²) in [6, 6.07) is 20.5. The average Bonchev–Trinajstić information content (AvgIpc) is 3.17. The van der Waals surface area contributed by atoms with E-state index in [1.54, 1.807) is 30.3 Å². The first-order chi connectivity index (χ1) is 27.7. The number of amides is 1. The minimum Gasteiger partial charge on any atom is -0.397 e. The summed E-state index contributed by atoms with van der Waals surface area (Å²) in [5.41, 5.74) is 3.46. The Kier molecular flexibility index (Phi) is 9.99. The number of nitrogens with two attached hydrogens (primary N) is 1.